The predicted molar refractivity (Wildman–Crippen MR) is 75.7 cm³/mol. The number of nitrogen functional groups attached to an aromatic ring is 1. The molecule has 20 heavy (non-hydrogen) atoms. The number of anilines is 1. The summed E-state index contributed by atoms with van der Waals surface area (Å²) in [6.45, 7) is 4.94. The van der Waals surface area contributed by atoms with E-state index in [0.717, 1.165) is 6.07 Å². The van der Waals surface area contributed by atoms with E-state index >= 15 is 0 Å². The van der Waals surface area contributed by atoms with Crippen molar-refractivity contribution in [3.63, 3.8) is 0 Å². The molecular formula is C14H20FN3O2. The van der Waals surface area contributed by atoms with Crippen LogP contribution in [0.1, 0.15) is 24.2 Å². The van der Waals surface area contributed by atoms with Gasteiger partial charge in [0.1, 0.15) is 5.82 Å². The quantitative estimate of drug-likeness (QED) is 0.828. The first-order valence-corrected chi connectivity index (χ1v) is 6.48. The Balaban J connectivity index is 2.76. The van der Waals surface area contributed by atoms with Gasteiger partial charge in [0.05, 0.1) is 12.2 Å². The third-order valence-electron chi connectivity index (χ3n) is 3.08. The lowest BCUT2D eigenvalue weighted by atomic mass is 10.1. The van der Waals surface area contributed by atoms with Crippen molar-refractivity contribution in [3.05, 3.63) is 29.6 Å². The molecule has 2 amide bonds. The van der Waals surface area contributed by atoms with Crippen LogP contribution in [0.3, 0.4) is 0 Å². The number of amides is 2. The van der Waals surface area contributed by atoms with Crippen molar-refractivity contribution in [2.45, 2.75) is 13.8 Å². The maximum Gasteiger partial charge on any atom is 0.254 e. The Kier molecular flexibility index (Phi) is 5.49. The maximum absolute atomic E-state index is 13.1. The molecule has 0 aliphatic rings. The highest BCUT2D eigenvalue weighted by atomic mass is 19.1. The molecule has 0 unspecified atom stereocenters. The zero-order valence-electron chi connectivity index (χ0n) is 12.0. The van der Waals surface area contributed by atoms with Gasteiger partial charge in [0.15, 0.2) is 0 Å². The lowest BCUT2D eigenvalue weighted by Gasteiger charge is -2.23. The summed E-state index contributed by atoms with van der Waals surface area (Å²) in [6, 6.07) is 3.77. The summed E-state index contributed by atoms with van der Waals surface area (Å²) >= 11 is 0. The first kappa shape index (κ1) is 15.9. The smallest absolute Gasteiger partial charge is 0.254 e. The third-order valence-corrected chi connectivity index (χ3v) is 3.08. The normalized spacial score (nSPS) is 10.2. The highest BCUT2D eigenvalue weighted by Crippen LogP contribution is 2.13. The van der Waals surface area contributed by atoms with Crippen LogP contribution in [0.5, 0.6) is 0 Å². The topological polar surface area (TPSA) is 66.6 Å². The summed E-state index contributed by atoms with van der Waals surface area (Å²) in [6.07, 6.45) is 0. The van der Waals surface area contributed by atoms with E-state index in [-0.39, 0.29) is 29.6 Å². The number of carbonyl (C=O) groups excluding carboxylic acids is 2. The summed E-state index contributed by atoms with van der Waals surface area (Å²) in [5.74, 6) is -1.05. The molecule has 5 nitrogen and oxygen atoms in total. The number of hydrogen-bond acceptors (Lipinski definition) is 3. The SMILES string of the molecule is CCN(CC)C(=O)CN(C)C(=O)c1ccc(F)c(N)c1. The zero-order valence-corrected chi connectivity index (χ0v) is 12.0. The molecule has 0 aliphatic carbocycles. The molecular weight excluding hydrogens is 261 g/mol. The van der Waals surface area contributed by atoms with Gasteiger partial charge in [0.2, 0.25) is 5.91 Å². The highest BCUT2D eigenvalue weighted by molar-refractivity contribution is 5.97. The molecule has 0 spiro atoms. The second kappa shape index (κ2) is 6.88. The molecule has 0 fully saturated rings. The van der Waals surface area contributed by atoms with Crippen LogP contribution >= 0.6 is 0 Å². The molecule has 0 saturated heterocycles. The maximum atomic E-state index is 13.1. The van der Waals surface area contributed by atoms with E-state index in [0.29, 0.717) is 13.1 Å². The van der Waals surface area contributed by atoms with E-state index in [4.69, 9.17) is 5.73 Å². The standard InChI is InChI=1S/C14H20FN3O2/c1-4-18(5-2)13(19)9-17(3)14(20)10-6-7-11(15)12(16)8-10/h6-8H,4-5,9,16H2,1-3H3. The lowest BCUT2D eigenvalue weighted by Crippen LogP contribution is -2.41. The molecule has 0 atom stereocenters. The van der Waals surface area contributed by atoms with Gasteiger partial charge in [-0.1, -0.05) is 0 Å². The number of likely N-dealkylation sites (N-methyl/N-ethyl adjacent to an activating group) is 2. The Bertz CT molecular complexity index is 501. The molecule has 0 radical (unpaired) electrons. The van der Waals surface area contributed by atoms with E-state index in [9.17, 15) is 14.0 Å². The fourth-order valence-electron chi connectivity index (χ4n) is 1.85. The fraction of sp³-hybridized carbons (Fsp3) is 0.429. The van der Waals surface area contributed by atoms with Crippen LogP contribution < -0.4 is 5.73 Å². The molecule has 1 rings (SSSR count). The second-order valence-corrected chi connectivity index (χ2v) is 4.46. The molecule has 110 valence electrons. The van der Waals surface area contributed by atoms with Crippen LogP contribution in [-0.4, -0.2) is 48.3 Å². The van der Waals surface area contributed by atoms with Crippen LogP contribution in [0.25, 0.3) is 0 Å². The second-order valence-electron chi connectivity index (χ2n) is 4.46. The summed E-state index contributed by atoms with van der Waals surface area (Å²) in [4.78, 5) is 27.0. The monoisotopic (exact) mass is 281 g/mol. The van der Waals surface area contributed by atoms with Gasteiger partial charge in [-0.25, -0.2) is 4.39 Å². The van der Waals surface area contributed by atoms with E-state index in [1.54, 1.807) is 4.90 Å². The Hall–Kier alpha value is -2.11. The minimum atomic E-state index is -0.566. The van der Waals surface area contributed by atoms with Gasteiger partial charge < -0.3 is 15.5 Å². The van der Waals surface area contributed by atoms with Crippen molar-refractivity contribution < 1.29 is 14.0 Å². The van der Waals surface area contributed by atoms with Gasteiger partial charge >= 0.3 is 0 Å². The first-order valence-electron chi connectivity index (χ1n) is 6.48. The molecule has 1 aromatic rings. The van der Waals surface area contributed by atoms with Crippen LogP contribution in [0.4, 0.5) is 10.1 Å². The molecule has 1 aromatic carbocycles. The van der Waals surface area contributed by atoms with Crippen molar-refractivity contribution >= 4 is 17.5 Å². The van der Waals surface area contributed by atoms with Crippen molar-refractivity contribution in [1.29, 1.82) is 0 Å². The molecule has 2 N–H and O–H groups in total. The molecule has 0 aromatic heterocycles. The van der Waals surface area contributed by atoms with Crippen molar-refractivity contribution in [2.24, 2.45) is 0 Å². The molecule has 0 bridgehead atoms. The van der Waals surface area contributed by atoms with Crippen LogP contribution in [0.15, 0.2) is 18.2 Å². The van der Waals surface area contributed by atoms with Gasteiger partial charge in [0, 0.05) is 25.7 Å². The average Bonchev–Trinajstić information content (AvgIpc) is 2.42. The van der Waals surface area contributed by atoms with Gasteiger partial charge in [0.25, 0.3) is 5.91 Å². The molecule has 0 saturated carbocycles. The van der Waals surface area contributed by atoms with Crippen LogP contribution in [0.2, 0.25) is 0 Å². The van der Waals surface area contributed by atoms with E-state index in [1.165, 1.54) is 24.1 Å². The van der Waals surface area contributed by atoms with Crippen molar-refractivity contribution in [3.8, 4) is 0 Å². The van der Waals surface area contributed by atoms with Crippen molar-refractivity contribution in [2.75, 3.05) is 32.4 Å². The number of benzene rings is 1. The summed E-state index contributed by atoms with van der Waals surface area (Å²) in [5, 5.41) is 0. The third kappa shape index (κ3) is 3.69. The number of carbonyl (C=O) groups is 2. The van der Waals surface area contributed by atoms with E-state index in [1.807, 2.05) is 13.8 Å². The summed E-state index contributed by atoms with van der Waals surface area (Å²) < 4.78 is 13.1. The Morgan fingerprint density at radius 2 is 1.85 bits per heavy atom. The number of halogens is 1. The van der Waals surface area contributed by atoms with Gasteiger partial charge in [-0.3, -0.25) is 9.59 Å². The number of rotatable bonds is 5. The zero-order chi connectivity index (χ0) is 15.3. The van der Waals surface area contributed by atoms with Crippen LogP contribution in [0, 0.1) is 5.82 Å². The minimum absolute atomic E-state index is 0.0161. The van der Waals surface area contributed by atoms with Crippen molar-refractivity contribution in [1.82, 2.24) is 9.80 Å². The first-order chi connectivity index (χ1) is 9.40. The van der Waals surface area contributed by atoms with E-state index in [2.05, 4.69) is 0 Å². The lowest BCUT2D eigenvalue weighted by molar-refractivity contribution is -0.131. The number of hydrogen-bond donors (Lipinski definition) is 1. The summed E-state index contributed by atoms with van der Waals surface area (Å²) in [7, 11) is 1.53. The van der Waals surface area contributed by atoms with E-state index < -0.39 is 5.82 Å². The molecule has 0 aliphatic heterocycles. The predicted octanol–water partition coefficient (Wildman–Crippen LogP) is 1.35. The largest absolute Gasteiger partial charge is 0.396 e. The molecule has 0 heterocycles. The molecule has 6 heteroatoms. The Labute approximate surface area is 118 Å². The number of nitrogens with two attached hydrogens (primary N) is 1. The fourth-order valence-corrected chi connectivity index (χ4v) is 1.85. The minimum Gasteiger partial charge on any atom is -0.396 e. The van der Waals surface area contributed by atoms with Gasteiger partial charge in [-0.2, -0.15) is 0 Å². The Morgan fingerprint density at radius 1 is 1.25 bits per heavy atom. The van der Waals surface area contributed by atoms with Gasteiger partial charge in [-0.05, 0) is 32.0 Å². The summed E-state index contributed by atoms with van der Waals surface area (Å²) in [5.41, 5.74) is 5.61. The average molecular weight is 281 g/mol. The van der Waals surface area contributed by atoms with Crippen LogP contribution in [-0.2, 0) is 4.79 Å². The highest BCUT2D eigenvalue weighted by Gasteiger charge is 2.18. The van der Waals surface area contributed by atoms with Gasteiger partial charge in [-0.15, -0.1) is 0 Å². The Morgan fingerprint density at radius 3 is 2.35 bits per heavy atom. The number of nitrogens with zero attached hydrogens (tertiary/aromatic N) is 2.